The van der Waals surface area contributed by atoms with Gasteiger partial charge < -0.3 is 15.4 Å². The van der Waals surface area contributed by atoms with Crippen molar-refractivity contribution in [1.29, 1.82) is 0 Å². The third kappa shape index (κ3) is 3.67. The Balaban J connectivity index is 1.44. The first-order valence-corrected chi connectivity index (χ1v) is 10.9. The molecule has 34 heavy (non-hydrogen) atoms. The second kappa shape index (κ2) is 8.52. The smallest absolute Gasteiger partial charge is 0.202 e. The molecule has 4 heterocycles. The number of benzene rings is 1. The molecular formula is C23H22F4N6O. The van der Waals surface area contributed by atoms with E-state index >= 15 is 0 Å². The molecule has 2 fully saturated rings. The summed E-state index contributed by atoms with van der Waals surface area (Å²) in [6.45, 7) is 2.95. The molecule has 7 nitrogen and oxygen atoms in total. The van der Waals surface area contributed by atoms with Crippen LogP contribution < -0.4 is 10.6 Å². The number of anilines is 1. The van der Waals surface area contributed by atoms with Crippen molar-refractivity contribution in [3.8, 4) is 11.8 Å². The molecule has 2 aliphatic heterocycles. The third-order valence-corrected chi connectivity index (χ3v) is 6.83. The first-order chi connectivity index (χ1) is 16.3. The molecule has 2 aliphatic rings. The molecule has 1 spiro atoms. The number of hydrogen-bond acceptors (Lipinski definition) is 6. The number of alkyl halides is 1. The second-order valence-electron chi connectivity index (χ2n) is 8.76. The number of ether oxygens (including phenoxy) is 1. The fourth-order valence-electron chi connectivity index (χ4n) is 4.69. The molecule has 1 aromatic carbocycles. The van der Waals surface area contributed by atoms with Gasteiger partial charge in [0.05, 0.1) is 18.3 Å². The van der Waals surface area contributed by atoms with Crippen LogP contribution in [0.1, 0.15) is 36.7 Å². The van der Waals surface area contributed by atoms with Crippen molar-refractivity contribution < 1.29 is 22.3 Å². The molecule has 3 N–H and O–H groups in total. The van der Waals surface area contributed by atoms with E-state index < -0.39 is 29.7 Å². The maximum atomic E-state index is 13.9. The predicted molar refractivity (Wildman–Crippen MR) is 116 cm³/mol. The zero-order chi connectivity index (χ0) is 24.0. The van der Waals surface area contributed by atoms with Gasteiger partial charge in [0.15, 0.2) is 17.5 Å². The Morgan fingerprint density at radius 3 is 2.59 bits per heavy atom. The van der Waals surface area contributed by atoms with Crippen LogP contribution in [-0.4, -0.2) is 52.0 Å². The average molecular weight is 474 g/mol. The van der Waals surface area contributed by atoms with Crippen LogP contribution in [0.25, 0.3) is 11.2 Å². The van der Waals surface area contributed by atoms with Gasteiger partial charge in [0.2, 0.25) is 5.65 Å². The van der Waals surface area contributed by atoms with Gasteiger partial charge in [-0.2, -0.15) is 5.10 Å². The standard InChI is InChI=1S/C23H22F4N6O/c1-12-20(28)23(11-34-12)6-8-33(9-7-23)22-17(10-24)29-19-16(31-32-21(19)30-22)5-2-13-14(25)3-4-15(26)18(13)27/h3-4,12,20H,6-11,28H2,1H3,(H,30,31,32)/t12-,20+/m0/s1. The summed E-state index contributed by atoms with van der Waals surface area (Å²) in [6, 6.07) is 1.41. The predicted octanol–water partition coefficient (Wildman–Crippen LogP) is 2.97. The highest BCUT2D eigenvalue weighted by Crippen LogP contribution is 2.42. The second-order valence-corrected chi connectivity index (χ2v) is 8.76. The number of fused-ring (bicyclic) bond motifs is 1. The van der Waals surface area contributed by atoms with E-state index in [2.05, 4.69) is 32.0 Å². The molecule has 5 rings (SSSR count). The lowest BCUT2D eigenvalue weighted by Crippen LogP contribution is -2.51. The van der Waals surface area contributed by atoms with Crippen molar-refractivity contribution >= 4 is 17.0 Å². The summed E-state index contributed by atoms with van der Waals surface area (Å²) in [6.07, 6.45) is 1.57. The Morgan fingerprint density at radius 2 is 1.91 bits per heavy atom. The van der Waals surface area contributed by atoms with Gasteiger partial charge in [-0.15, -0.1) is 0 Å². The average Bonchev–Trinajstić information content (AvgIpc) is 3.37. The molecule has 0 amide bonds. The van der Waals surface area contributed by atoms with Gasteiger partial charge in [-0.3, -0.25) is 5.10 Å². The Kier molecular flexibility index (Phi) is 5.65. The number of aromatic nitrogens is 4. The fourth-order valence-corrected chi connectivity index (χ4v) is 4.69. The van der Waals surface area contributed by atoms with Crippen molar-refractivity contribution in [2.45, 2.75) is 38.6 Å². The van der Waals surface area contributed by atoms with E-state index in [1.807, 2.05) is 11.8 Å². The topological polar surface area (TPSA) is 93.0 Å². The van der Waals surface area contributed by atoms with E-state index in [1.165, 1.54) is 0 Å². The SMILES string of the molecule is C[C@@H]1OCC2(CCN(c3nc4n[nH]c(C#Cc5c(F)ccc(F)c5F)c4nc3CF)CC2)[C@@H]1N. The zero-order valence-electron chi connectivity index (χ0n) is 18.3. The monoisotopic (exact) mass is 474 g/mol. The van der Waals surface area contributed by atoms with E-state index in [9.17, 15) is 17.6 Å². The lowest BCUT2D eigenvalue weighted by Gasteiger charge is -2.41. The maximum absolute atomic E-state index is 13.9. The normalized spacial score (nSPS) is 21.8. The molecule has 0 radical (unpaired) electrons. The van der Waals surface area contributed by atoms with Crippen molar-refractivity contribution in [3.63, 3.8) is 0 Å². The van der Waals surface area contributed by atoms with Gasteiger partial charge in [-0.1, -0.05) is 5.92 Å². The summed E-state index contributed by atoms with van der Waals surface area (Å²) < 4.78 is 60.9. The van der Waals surface area contributed by atoms with Crippen LogP contribution in [0.4, 0.5) is 23.4 Å². The van der Waals surface area contributed by atoms with Crippen molar-refractivity contribution in [3.05, 3.63) is 46.5 Å². The number of halogens is 4. The van der Waals surface area contributed by atoms with Gasteiger partial charge in [-0.05, 0) is 37.8 Å². The molecule has 2 atom stereocenters. The van der Waals surface area contributed by atoms with E-state index in [0.29, 0.717) is 31.6 Å². The van der Waals surface area contributed by atoms with E-state index in [1.54, 1.807) is 0 Å². The Hall–Kier alpha value is -3.23. The Bertz CT molecular complexity index is 1310. The number of rotatable bonds is 2. The summed E-state index contributed by atoms with van der Waals surface area (Å²) in [7, 11) is 0. The Labute approximate surface area is 192 Å². The highest BCUT2D eigenvalue weighted by Gasteiger charge is 2.47. The number of nitrogens with zero attached hydrogens (tertiary/aromatic N) is 4. The largest absolute Gasteiger partial charge is 0.376 e. The number of piperidine rings is 1. The minimum Gasteiger partial charge on any atom is -0.376 e. The van der Waals surface area contributed by atoms with Crippen LogP contribution in [0.15, 0.2) is 12.1 Å². The van der Waals surface area contributed by atoms with E-state index in [-0.39, 0.29) is 40.1 Å². The van der Waals surface area contributed by atoms with E-state index in [0.717, 1.165) is 18.9 Å². The Morgan fingerprint density at radius 1 is 1.18 bits per heavy atom. The summed E-state index contributed by atoms with van der Waals surface area (Å²) >= 11 is 0. The van der Waals surface area contributed by atoms with E-state index in [4.69, 9.17) is 10.5 Å². The third-order valence-electron chi connectivity index (χ3n) is 6.83. The minimum absolute atomic E-state index is 0.00186. The van der Waals surface area contributed by atoms with Gasteiger partial charge in [-0.25, -0.2) is 27.5 Å². The first-order valence-electron chi connectivity index (χ1n) is 10.9. The van der Waals surface area contributed by atoms with Crippen molar-refractivity contribution in [1.82, 2.24) is 20.2 Å². The first kappa shape index (κ1) is 22.6. The number of H-pyrrole nitrogens is 1. The quantitative estimate of drug-likeness (QED) is 0.337. The van der Waals surface area contributed by atoms with Gasteiger partial charge in [0.1, 0.15) is 29.4 Å². The molecular weight excluding hydrogens is 452 g/mol. The van der Waals surface area contributed by atoms with Gasteiger partial charge >= 0.3 is 0 Å². The molecule has 0 unspecified atom stereocenters. The lowest BCUT2D eigenvalue weighted by atomic mass is 9.73. The van der Waals surface area contributed by atoms with Crippen molar-refractivity contribution in [2.24, 2.45) is 11.1 Å². The molecule has 0 saturated carbocycles. The number of hydrogen-bond donors (Lipinski definition) is 2. The maximum Gasteiger partial charge on any atom is 0.202 e. The molecule has 11 heteroatoms. The van der Waals surface area contributed by atoms with Crippen LogP contribution in [-0.2, 0) is 11.4 Å². The fraction of sp³-hybridized carbons (Fsp3) is 0.435. The highest BCUT2D eigenvalue weighted by molar-refractivity contribution is 5.78. The number of nitrogens with one attached hydrogen (secondary N) is 1. The summed E-state index contributed by atoms with van der Waals surface area (Å²) in [5, 5.41) is 6.67. The lowest BCUT2D eigenvalue weighted by molar-refractivity contribution is 0.0974. The number of aromatic amines is 1. The molecule has 2 saturated heterocycles. The van der Waals surface area contributed by atoms with Crippen LogP contribution in [0, 0.1) is 34.7 Å². The van der Waals surface area contributed by atoms with Crippen LogP contribution >= 0.6 is 0 Å². The molecule has 0 aliphatic carbocycles. The van der Waals surface area contributed by atoms with Crippen LogP contribution in [0.3, 0.4) is 0 Å². The minimum atomic E-state index is -1.39. The molecule has 0 bridgehead atoms. The molecule has 178 valence electrons. The summed E-state index contributed by atoms with van der Waals surface area (Å²) in [4.78, 5) is 10.8. The summed E-state index contributed by atoms with van der Waals surface area (Å²) in [5.41, 5.74) is 6.11. The highest BCUT2D eigenvalue weighted by atomic mass is 19.2. The zero-order valence-corrected chi connectivity index (χ0v) is 18.3. The summed E-state index contributed by atoms with van der Waals surface area (Å²) in [5.74, 6) is 1.54. The van der Waals surface area contributed by atoms with Gasteiger partial charge in [0, 0.05) is 24.5 Å². The molecule has 2 aromatic heterocycles. The van der Waals surface area contributed by atoms with Crippen molar-refractivity contribution in [2.75, 3.05) is 24.6 Å². The molecule has 3 aromatic rings. The number of nitrogens with two attached hydrogens (primary N) is 1. The van der Waals surface area contributed by atoms with Crippen LogP contribution in [0.2, 0.25) is 0 Å². The van der Waals surface area contributed by atoms with Crippen LogP contribution in [0.5, 0.6) is 0 Å². The van der Waals surface area contributed by atoms with Gasteiger partial charge in [0.25, 0.3) is 0 Å².